The van der Waals surface area contributed by atoms with Crippen molar-refractivity contribution in [2.45, 2.75) is 18.9 Å². The lowest BCUT2D eigenvalue weighted by molar-refractivity contribution is 0.102. The van der Waals surface area contributed by atoms with E-state index < -0.39 is 0 Å². The molecule has 0 spiro atoms. The lowest BCUT2D eigenvalue weighted by atomic mass is 10.2. The SMILES string of the molecule is O=C(Nc1ccc(NCC2CCCO2)nn1)c1ccc2c(c1)OCO2. The molecule has 1 unspecified atom stereocenters. The number of rotatable bonds is 5. The summed E-state index contributed by atoms with van der Waals surface area (Å²) in [5, 5.41) is 14.0. The quantitative estimate of drug-likeness (QED) is 0.858. The minimum Gasteiger partial charge on any atom is -0.454 e. The van der Waals surface area contributed by atoms with Crippen LogP contribution in [0.1, 0.15) is 23.2 Å². The van der Waals surface area contributed by atoms with Crippen LogP contribution in [0.3, 0.4) is 0 Å². The number of hydrogen-bond acceptors (Lipinski definition) is 7. The lowest BCUT2D eigenvalue weighted by Gasteiger charge is -2.11. The summed E-state index contributed by atoms with van der Waals surface area (Å²) < 4.78 is 16.1. The summed E-state index contributed by atoms with van der Waals surface area (Å²) in [5.41, 5.74) is 0.464. The van der Waals surface area contributed by atoms with Gasteiger partial charge in [-0.2, -0.15) is 0 Å². The number of nitrogens with zero attached hydrogens (tertiary/aromatic N) is 2. The molecule has 1 fully saturated rings. The van der Waals surface area contributed by atoms with E-state index in [0.29, 0.717) is 35.2 Å². The molecule has 1 saturated heterocycles. The third-order valence-corrected chi connectivity index (χ3v) is 4.08. The second-order valence-electron chi connectivity index (χ2n) is 5.84. The molecule has 0 saturated carbocycles. The molecule has 1 amide bonds. The maximum Gasteiger partial charge on any atom is 0.257 e. The van der Waals surface area contributed by atoms with Gasteiger partial charge in [-0.3, -0.25) is 4.79 Å². The minimum atomic E-state index is -0.285. The van der Waals surface area contributed by atoms with E-state index in [1.165, 1.54) is 0 Å². The van der Waals surface area contributed by atoms with Crippen molar-refractivity contribution in [1.29, 1.82) is 0 Å². The Hall–Kier alpha value is -2.87. The number of anilines is 2. The predicted octanol–water partition coefficient (Wildman–Crippen LogP) is 2.05. The standard InChI is InChI=1S/C17H18N4O4/c22-17(11-3-4-13-14(8-11)25-10-24-13)19-16-6-5-15(20-21-16)18-9-12-2-1-7-23-12/h3-6,8,12H,1-2,7,9-10H2,(H,18,20)(H,19,21,22). The Morgan fingerprint density at radius 1 is 1.12 bits per heavy atom. The van der Waals surface area contributed by atoms with Gasteiger partial charge in [-0.1, -0.05) is 0 Å². The summed E-state index contributed by atoms with van der Waals surface area (Å²) in [6, 6.07) is 8.50. The van der Waals surface area contributed by atoms with Gasteiger partial charge in [0.05, 0.1) is 6.10 Å². The highest BCUT2D eigenvalue weighted by molar-refractivity contribution is 6.04. The van der Waals surface area contributed by atoms with Crippen LogP contribution < -0.4 is 20.1 Å². The highest BCUT2D eigenvalue weighted by Crippen LogP contribution is 2.32. The summed E-state index contributed by atoms with van der Waals surface area (Å²) in [6.07, 6.45) is 2.39. The first-order valence-corrected chi connectivity index (χ1v) is 8.18. The maximum absolute atomic E-state index is 12.3. The molecule has 8 nitrogen and oxygen atoms in total. The number of benzene rings is 1. The summed E-state index contributed by atoms with van der Waals surface area (Å²) in [6.45, 7) is 1.70. The molecule has 0 bridgehead atoms. The Morgan fingerprint density at radius 2 is 1.96 bits per heavy atom. The van der Waals surface area contributed by atoms with Crippen LogP contribution in [0.5, 0.6) is 11.5 Å². The molecule has 2 aliphatic heterocycles. The highest BCUT2D eigenvalue weighted by Gasteiger charge is 2.17. The minimum absolute atomic E-state index is 0.173. The van der Waals surface area contributed by atoms with E-state index in [-0.39, 0.29) is 18.8 Å². The Labute approximate surface area is 144 Å². The predicted molar refractivity (Wildman–Crippen MR) is 90.0 cm³/mol. The lowest BCUT2D eigenvalue weighted by Crippen LogP contribution is -2.19. The number of amides is 1. The van der Waals surface area contributed by atoms with E-state index in [0.717, 1.165) is 19.4 Å². The van der Waals surface area contributed by atoms with Crippen molar-refractivity contribution in [2.75, 3.05) is 30.6 Å². The molecule has 1 aromatic carbocycles. The number of fused-ring (bicyclic) bond motifs is 1. The van der Waals surface area contributed by atoms with Crippen LogP contribution in [-0.2, 0) is 4.74 Å². The number of carbonyl (C=O) groups is 1. The van der Waals surface area contributed by atoms with Crippen molar-refractivity contribution in [3.8, 4) is 11.5 Å². The van der Waals surface area contributed by atoms with Gasteiger partial charge >= 0.3 is 0 Å². The van der Waals surface area contributed by atoms with Gasteiger partial charge in [-0.05, 0) is 43.2 Å². The number of aromatic nitrogens is 2. The Kier molecular flexibility index (Phi) is 4.34. The van der Waals surface area contributed by atoms with E-state index in [4.69, 9.17) is 14.2 Å². The van der Waals surface area contributed by atoms with Gasteiger partial charge in [-0.25, -0.2) is 0 Å². The first kappa shape index (κ1) is 15.6. The summed E-state index contributed by atoms with van der Waals surface area (Å²) in [4.78, 5) is 12.3. The zero-order chi connectivity index (χ0) is 17.1. The number of hydrogen-bond donors (Lipinski definition) is 2. The van der Waals surface area contributed by atoms with E-state index >= 15 is 0 Å². The molecule has 1 atom stereocenters. The van der Waals surface area contributed by atoms with E-state index in [1.807, 2.05) is 0 Å². The van der Waals surface area contributed by atoms with Gasteiger partial charge in [0.2, 0.25) is 6.79 Å². The van der Waals surface area contributed by atoms with Crippen molar-refractivity contribution in [3.63, 3.8) is 0 Å². The molecule has 8 heteroatoms. The van der Waals surface area contributed by atoms with Crippen molar-refractivity contribution in [2.24, 2.45) is 0 Å². The third-order valence-electron chi connectivity index (χ3n) is 4.08. The summed E-state index contributed by atoms with van der Waals surface area (Å²) in [5.74, 6) is 1.94. The zero-order valence-corrected chi connectivity index (χ0v) is 13.5. The molecular formula is C17H18N4O4. The molecule has 1 aromatic heterocycles. The third kappa shape index (κ3) is 3.63. The monoisotopic (exact) mass is 342 g/mol. The molecule has 2 aromatic rings. The van der Waals surface area contributed by atoms with Gasteiger partial charge in [-0.15, -0.1) is 10.2 Å². The second-order valence-corrected chi connectivity index (χ2v) is 5.84. The van der Waals surface area contributed by atoms with Crippen LogP contribution in [0.15, 0.2) is 30.3 Å². The van der Waals surface area contributed by atoms with Crippen molar-refractivity contribution in [3.05, 3.63) is 35.9 Å². The summed E-state index contributed by atoms with van der Waals surface area (Å²) >= 11 is 0. The van der Waals surface area contributed by atoms with Crippen LogP contribution in [0.2, 0.25) is 0 Å². The van der Waals surface area contributed by atoms with E-state index in [9.17, 15) is 4.79 Å². The summed E-state index contributed by atoms with van der Waals surface area (Å²) in [7, 11) is 0. The fraction of sp³-hybridized carbons (Fsp3) is 0.353. The van der Waals surface area contributed by atoms with Crippen molar-refractivity contribution < 1.29 is 19.0 Å². The fourth-order valence-corrected chi connectivity index (χ4v) is 2.74. The Balaban J connectivity index is 1.34. The Morgan fingerprint density at radius 3 is 2.76 bits per heavy atom. The molecule has 130 valence electrons. The normalized spacial score (nSPS) is 18.2. The van der Waals surface area contributed by atoms with Gasteiger partial charge < -0.3 is 24.8 Å². The van der Waals surface area contributed by atoms with Gasteiger partial charge in [0.1, 0.15) is 5.82 Å². The highest BCUT2D eigenvalue weighted by atomic mass is 16.7. The molecule has 4 rings (SSSR count). The van der Waals surface area contributed by atoms with E-state index in [1.54, 1.807) is 30.3 Å². The zero-order valence-electron chi connectivity index (χ0n) is 13.5. The molecule has 0 aliphatic carbocycles. The maximum atomic E-state index is 12.3. The molecular weight excluding hydrogens is 324 g/mol. The van der Waals surface area contributed by atoms with Gasteiger partial charge in [0, 0.05) is 18.7 Å². The smallest absolute Gasteiger partial charge is 0.257 e. The second kappa shape index (κ2) is 6.94. The van der Waals surface area contributed by atoms with Gasteiger partial charge in [0.25, 0.3) is 5.91 Å². The number of ether oxygens (including phenoxy) is 3. The molecule has 25 heavy (non-hydrogen) atoms. The van der Waals surface area contributed by atoms with Crippen LogP contribution in [0, 0.1) is 0 Å². The van der Waals surface area contributed by atoms with E-state index in [2.05, 4.69) is 20.8 Å². The number of nitrogens with one attached hydrogen (secondary N) is 2. The first-order valence-electron chi connectivity index (χ1n) is 8.18. The topological polar surface area (TPSA) is 94.6 Å². The largest absolute Gasteiger partial charge is 0.454 e. The van der Waals surface area contributed by atoms with Crippen molar-refractivity contribution in [1.82, 2.24) is 10.2 Å². The van der Waals surface area contributed by atoms with Crippen LogP contribution in [0.25, 0.3) is 0 Å². The average molecular weight is 342 g/mol. The fourth-order valence-electron chi connectivity index (χ4n) is 2.74. The van der Waals surface area contributed by atoms with Crippen LogP contribution in [-0.4, -0.2) is 42.2 Å². The average Bonchev–Trinajstić information content (AvgIpc) is 3.32. The molecule has 2 aliphatic rings. The first-order chi connectivity index (χ1) is 12.3. The molecule has 3 heterocycles. The van der Waals surface area contributed by atoms with Crippen LogP contribution >= 0.6 is 0 Å². The number of carbonyl (C=O) groups excluding carboxylic acids is 1. The molecule has 0 radical (unpaired) electrons. The van der Waals surface area contributed by atoms with Crippen LogP contribution in [0.4, 0.5) is 11.6 Å². The molecule has 2 N–H and O–H groups in total. The Bertz CT molecular complexity index is 760. The van der Waals surface area contributed by atoms with Crippen molar-refractivity contribution >= 4 is 17.5 Å². The van der Waals surface area contributed by atoms with Gasteiger partial charge in [0.15, 0.2) is 17.3 Å².